The fourth-order valence-electron chi connectivity index (χ4n) is 2.88. The Kier molecular flexibility index (Phi) is 7.66. The third kappa shape index (κ3) is 6.04. The van der Waals surface area contributed by atoms with Gasteiger partial charge in [-0.3, -0.25) is 4.79 Å². The van der Waals surface area contributed by atoms with Crippen LogP contribution in [-0.2, 0) is 24.3 Å². The monoisotopic (exact) mass is 467 g/mol. The zero-order valence-electron chi connectivity index (χ0n) is 16.9. The van der Waals surface area contributed by atoms with Crippen LogP contribution in [0, 0.1) is 6.92 Å². The molecule has 1 aliphatic heterocycles. The van der Waals surface area contributed by atoms with Crippen molar-refractivity contribution in [2.24, 2.45) is 0 Å². The third-order valence-electron chi connectivity index (χ3n) is 4.58. The van der Waals surface area contributed by atoms with E-state index in [2.05, 4.69) is 0 Å². The van der Waals surface area contributed by atoms with E-state index in [1.807, 2.05) is 13.0 Å². The van der Waals surface area contributed by atoms with Gasteiger partial charge in [-0.2, -0.15) is 4.31 Å². The highest BCUT2D eigenvalue weighted by molar-refractivity contribution is 7.89. The number of esters is 1. The van der Waals surface area contributed by atoms with Gasteiger partial charge in [0.05, 0.1) is 23.1 Å². The second kappa shape index (κ2) is 10.2. The molecule has 2 aromatic carbocycles. The standard InChI is InChI=1S/C21H22ClNO7S/c1-15-2-7-18(22)20(12-15)29-14-21(25)30-13-19(24)16-3-5-17(6-4-16)31(26,27)23-8-10-28-11-9-23/h2-7,12H,8-11,13-14H2,1H3. The Balaban J connectivity index is 1.52. The Morgan fingerprint density at radius 3 is 2.42 bits per heavy atom. The first-order chi connectivity index (χ1) is 14.8. The van der Waals surface area contributed by atoms with Gasteiger partial charge < -0.3 is 14.2 Å². The lowest BCUT2D eigenvalue weighted by Crippen LogP contribution is -2.40. The second-order valence-electron chi connectivity index (χ2n) is 6.85. The molecule has 1 heterocycles. The summed E-state index contributed by atoms with van der Waals surface area (Å²) in [6.07, 6.45) is 0. The van der Waals surface area contributed by atoms with Crippen LogP contribution < -0.4 is 4.74 Å². The first-order valence-corrected chi connectivity index (χ1v) is 11.3. The number of Topliss-reactive ketones (excluding diaryl/α,β-unsaturated/α-hetero) is 1. The van der Waals surface area contributed by atoms with Gasteiger partial charge in [0.25, 0.3) is 0 Å². The van der Waals surface area contributed by atoms with Gasteiger partial charge in [0.15, 0.2) is 19.0 Å². The predicted molar refractivity (Wildman–Crippen MR) is 113 cm³/mol. The minimum absolute atomic E-state index is 0.0892. The molecule has 0 amide bonds. The van der Waals surface area contributed by atoms with Gasteiger partial charge in [-0.25, -0.2) is 13.2 Å². The van der Waals surface area contributed by atoms with Crippen LogP contribution in [0.3, 0.4) is 0 Å². The van der Waals surface area contributed by atoms with Crippen LogP contribution in [-0.4, -0.2) is 64.0 Å². The smallest absolute Gasteiger partial charge is 0.344 e. The van der Waals surface area contributed by atoms with Crippen LogP contribution in [0.2, 0.25) is 5.02 Å². The molecule has 3 rings (SSSR count). The van der Waals surface area contributed by atoms with E-state index in [1.165, 1.54) is 28.6 Å². The highest BCUT2D eigenvalue weighted by Crippen LogP contribution is 2.25. The van der Waals surface area contributed by atoms with Gasteiger partial charge in [0.2, 0.25) is 10.0 Å². The van der Waals surface area contributed by atoms with E-state index in [4.69, 9.17) is 25.8 Å². The van der Waals surface area contributed by atoms with Crippen LogP contribution in [0.5, 0.6) is 5.75 Å². The number of benzene rings is 2. The molecule has 1 fully saturated rings. The number of morpholine rings is 1. The molecule has 0 unspecified atom stereocenters. The summed E-state index contributed by atoms with van der Waals surface area (Å²) in [4.78, 5) is 24.2. The molecule has 0 radical (unpaired) electrons. The Labute approximate surface area is 185 Å². The van der Waals surface area contributed by atoms with E-state index in [9.17, 15) is 18.0 Å². The van der Waals surface area contributed by atoms with Gasteiger partial charge in [0, 0.05) is 18.7 Å². The molecule has 0 atom stereocenters. The highest BCUT2D eigenvalue weighted by Gasteiger charge is 2.26. The number of hydrogen-bond donors (Lipinski definition) is 0. The number of ether oxygens (including phenoxy) is 3. The van der Waals surface area contributed by atoms with Crippen LogP contribution in [0.1, 0.15) is 15.9 Å². The average Bonchev–Trinajstić information content (AvgIpc) is 2.78. The minimum Gasteiger partial charge on any atom is -0.480 e. The van der Waals surface area contributed by atoms with E-state index in [-0.39, 0.29) is 23.5 Å². The molecule has 31 heavy (non-hydrogen) atoms. The lowest BCUT2D eigenvalue weighted by molar-refractivity contribution is -0.144. The van der Waals surface area contributed by atoms with Gasteiger partial charge in [-0.15, -0.1) is 0 Å². The molecule has 166 valence electrons. The Morgan fingerprint density at radius 1 is 1.06 bits per heavy atom. The quantitative estimate of drug-likeness (QED) is 0.434. The van der Waals surface area contributed by atoms with Crippen molar-refractivity contribution >= 4 is 33.4 Å². The molecular weight excluding hydrogens is 446 g/mol. The zero-order chi connectivity index (χ0) is 22.4. The van der Waals surface area contributed by atoms with E-state index < -0.39 is 35.0 Å². The maximum Gasteiger partial charge on any atom is 0.344 e. The number of ketones is 1. The summed E-state index contributed by atoms with van der Waals surface area (Å²) in [5.74, 6) is -0.836. The van der Waals surface area contributed by atoms with Gasteiger partial charge in [-0.05, 0) is 48.9 Å². The molecule has 0 aromatic heterocycles. The van der Waals surface area contributed by atoms with Crippen molar-refractivity contribution in [2.45, 2.75) is 11.8 Å². The van der Waals surface area contributed by atoms with Crippen molar-refractivity contribution in [1.82, 2.24) is 4.31 Å². The normalized spacial score (nSPS) is 14.8. The van der Waals surface area contributed by atoms with E-state index in [1.54, 1.807) is 12.1 Å². The number of rotatable bonds is 8. The van der Waals surface area contributed by atoms with Crippen molar-refractivity contribution in [3.63, 3.8) is 0 Å². The summed E-state index contributed by atoms with van der Waals surface area (Å²) < 4.78 is 42.0. The van der Waals surface area contributed by atoms with E-state index in [0.29, 0.717) is 24.0 Å². The largest absolute Gasteiger partial charge is 0.480 e. The maximum atomic E-state index is 12.6. The molecule has 0 spiro atoms. The number of hydrogen-bond acceptors (Lipinski definition) is 7. The topological polar surface area (TPSA) is 99.2 Å². The molecule has 0 saturated carbocycles. The first-order valence-electron chi connectivity index (χ1n) is 9.53. The Morgan fingerprint density at radius 2 is 1.74 bits per heavy atom. The summed E-state index contributed by atoms with van der Waals surface area (Å²) in [6.45, 7) is 2.25. The second-order valence-corrected chi connectivity index (χ2v) is 9.19. The molecule has 0 N–H and O–H groups in total. The molecule has 1 saturated heterocycles. The summed E-state index contributed by atoms with van der Waals surface area (Å²) in [5.41, 5.74) is 1.15. The van der Waals surface area contributed by atoms with Crippen LogP contribution in [0.15, 0.2) is 47.4 Å². The van der Waals surface area contributed by atoms with Crippen molar-refractivity contribution < 1.29 is 32.2 Å². The van der Waals surface area contributed by atoms with Gasteiger partial charge in [-0.1, -0.05) is 17.7 Å². The van der Waals surface area contributed by atoms with E-state index in [0.717, 1.165) is 5.56 Å². The molecule has 0 bridgehead atoms. The molecule has 8 nitrogen and oxygen atoms in total. The molecule has 10 heteroatoms. The minimum atomic E-state index is -3.64. The average molecular weight is 468 g/mol. The van der Waals surface area contributed by atoms with Gasteiger partial charge >= 0.3 is 5.97 Å². The summed E-state index contributed by atoms with van der Waals surface area (Å²) >= 11 is 6.00. The SMILES string of the molecule is Cc1ccc(Cl)c(OCC(=O)OCC(=O)c2ccc(S(=O)(=O)N3CCOCC3)cc2)c1. The maximum absolute atomic E-state index is 12.6. The van der Waals surface area contributed by atoms with Crippen molar-refractivity contribution in [3.05, 3.63) is 58.6 Å². The van der Waals surface area contributed by atoms with Crippen LogP contribution in [0.4, 0.5) is 0 Å². The number of nitrogens with zero attached hydrogens (tertiary/aromatic N) is 1. The third-order valence-corrected chi connectivity index (χ3v) is 6.81. The summed E-state index contributed by atoms with van der Waals surface area (Å²) in [6, 6.07) is 10.7. The van der Waals surface area contributed by atoms with Crippen molar-refractivity contribution in [1.29, 1.82) is 0 Å². The zero-order valence-corrected chi connectivity index (χ0v) is 18.4. The summed E-state index contributed by atoms with van der Waals surface area (Å²) in [7, 11) is -3.64. The Hall–Kier alpha value is -2.46. The molecule has 2 aromatic rings. The number of carbonyl (C=O) groups excluding carboxylic acids is 2. The summed E-state index contributed by atoms with van der Waals surface area (Å²) in [5, 5.41) is 0.363. The molecular formula is C21H22ClNO7S. The fourth-order valence-corrected chi connectivity index (χ4v) is 4.46. The first kappa shape index (κ1) is 23.2. The van der Waals surface area contributed by atoms with Crippen molar-refractivity contribution in [2.75, 3.05) is 39.5 Å². The number of sulfonamides is 1. The lowest BCUT2D eigenvalue weighted by Gasteiger charge is -2.26. The van der Waals surface area contributed by atoms with Crippen molar-refractivity contribution in [3.8, 4) is 5.75 Å². The van der Waals surface area contributed by atoms with Crippen LogP contribution in [0.25, 0.3) is 0 Å². The lowest BCUT2D eigenvalue weighted by atomic mass is 10.1. The Bertz CT molecular complexity index is 1050. The van der Waals surface area contributed by atoms with Gasteiger partial charge in [0.1, 0.15) is 5.75 Å². The number of carbonyl (C=O) groups is 2. The number of aryl methyl sites for hydroxylation is 1. The molecule has 0 aliphatic carbocycles. The fraction of sp³-hybridized carbons (Fsp3) is 0.333. The predicted octanol–water partition coefficient (Wildman–Crippen LogP) is 2.47. The molecule has 1 aliphatic rings. The number of halogens is 1. The van der Waals surface area contributed by atoms with Crippen LogP contribution >= 0.6 is 11.6 Å². The van der Waals surface area contributed by atoms with E-state index >= 15 is 0 Å². The highest BCUT2D eigenvalue weighted by atomic mass is 35.5.